The van der Waals surface area contributed by atoms with Gasteiger partial charge in [-0.05, 0) is 48.1 Å². The van der Waals surface area contributed by atoms with Crippen molar-refractivity contribution in [3.05, 3.63) is 101 Å². The number of hydrogen-bond donors (Lipinski definition) is 2. The molecule has 0 unspecified atom stereocenters. The van der Waals surface area contributed by atoms with Crippen molar-refractivity contribution in [3.8, 4) is 0 Å². The summed E-state index contributed by atoms with van der Waals surface area (Å²) >= 11 is 0. The summed E-state index contributed by atoms with van der Waals surface area (Å²) in [7, 11) is 0. The lowest BCUT2D eigenvalue weighted by Crippen LogP contribution is -2.48. The van der Waals surface area contributed by atoms with Crippen molar-refractivity contribution in [2.24, 2.45) is 0 Å². The van der Waals surface area contributed by atoms with Crippen molar-refractivity contribution in [1.29, 1.82) is 0 Å². The average Bonchev–Trinajstić information content (AvgIpc) is 3.47. The van der Waals surface area contributed by atoms with Crippen LogP contribution in [-0.4, -0.2) is 40.5 Å². The topological polar surface area (TPSA) is 57.3 Å². The van der Waals surface area contributed by atoms with Crippen LogP contribution in [0.3, 0.4) is 0 Å². The maximum absolute atomic E-state index is 14.1. The highest BCUT2D eigenvalue weighted by atomic mass is 19.1. The van der Waals surface area contributed by atoms with Gasteiger partial charge in [0.05, 0.1) is 6.04 Å². The second-order valence-electron chi connectivity index (χ2n) is 9.17. The number of amides is 1. The molecular formula is C27H28F2N4O. The fourth-order valence-electron chi connectivity index (χ4n) is 5.17. The maximum atomic E-state index is 14.1. The van der Waals surface area contributed by atoms with Gasteiger partial charge in [0.1, 0.15) is 11.6 Å². The summed E-state index contributed by atoms with van der Waals surface area (Å²) in [6.45, 7) is 1.42. The molecule has 5 rings (SSSR count). The van der Waals surface area contributed by atoms with Crippen LogP contribution in [0.25, 0.3) is 0 Å². The molecule has 0 radical (unpaired) electrons. The fourth-order valence-corrected chi connectivity index (χ4v) is 5.17. The summed E-state index contributed by atoms with van der Waals surface area (Å²) < 4.78 is 27.4. The van der Waals surface area contributed by atoms with Gasteiger partial charge in [-0.3, -0.25) is 14.7 Å². The van der Waals surface area contributed by atoms with E-state index in [1.54, 1.807) is 12.4 Å². The molecule has 176 valence electrons. The molecular weight excluding hydrogens is 434 g/mol. The van der Waals surface area contributed by atoms with Crippen molar-refractivity contribution >= 4 is 5.91 Å². The lowest BCUT2D eigenvalue weighted by atomic mass is 10.1. The number of carbonyl (C=O) groups excluding carboxylic acids is 1. The van der Waals surface area contributed by atoms with Gasteiger partial charge in [-0.15, -0.1) is 0 Å². The molecule has 2 heterocycles. The third-order valence-electron chi connectivity index (χ3n) is 6.93. The summed E-state index contributed by atoms with van der Waals surface area (Å²) in [5, 5.41) is 6.47. The molecule has 2 aliphatic rings. The molecule has 0 bridgehead atoms. The molecule has 1 fully saturated rings. The van der Waals surface area contributed by atoms with E-state index in [1.807, 2.05) is 12.1 Å². The van der Waals surface area contributed by atoms with E-state index in [9.17, 15) is 13.6 Å². The number of hydrogen-bond acceptors (Lipinski definition) is 4. The van der Waals surface area contributed by atoms with Gasteiger partial charge in [-0.25, -0.2) is 8.78 Å². The zero-order valence-corrected chi connectivity index (χ0v) is 18.9. The van der Waals surface area contributed by atoms with E-state index < -0.39 is 11.6 Å². The first-order valence-electron chi connectivity index (χ1n) is 11.7. The summed E-state index contributed by atoms with van der Waals surface area (Å²) in [6, 6.07) is 15.9. The average molecular weight is 463 g/mol. The number of carbonyl (C=O) groups is 1. The molecule has 34 heavy (non-hydrogen) atoms. The minimum Gasteiger partial charge on any atom is -0.351 e. The Morgan fingerprint density at radius 3 is 2.53 bits per heavy atom. The van der Waals surface area contributed by atoms with Crippen molar-refractivity contribution in [1.82, 2.24) is 20.5 Å². The lowest BCUT2D eigenvalue weighted by Gasteiger charge is -2.29. The van der Waals surface area contributed by atoms with Crippen molar-refractivity contribution in [2.75, 3.05) is 6.54 Å². The maximum Gasteiger partial charge on any atom is 0.237 e. The van der Waals surface area contributed by atoms with Crippen LogP contribution in [-0.2, 0) is 30.7 Å². The molecule has 1 amide bonds. The zero-order chi connectivity index (χ0) is 23.5. The number of nitrogens with one attached hydrogen (secondary N) is 2. The first-order valence-corrected chi connectivity index (χ1v) is 11.7. The van der Waals surface area contributed by atoms with Crippen LogP contribution in [0, 0.1) is 11.6 Å². The van der Waals surface area contributed by atoms with E-state index in [2.05, 4.69) is 44.8 Å². The predicted molar refractivity (Wildman–Crippen MR) is 126 cm³/mol. The second-order valence-corrected chi connectivity index (χ2v) is 9.17. The Morgan fingerprint density at radius 2 is 1.82 bits per heavy atom. The Kier molecular flexibility index (Phi) is 6.65. The quantitative estimate of drug-likeness (QED) is 0.565. The smallest absolute Gasteiger partial charge is 0.237 e. The van der Waals surface area contributed by atoms with Gasteiger partial charge in [0.25, 0.3) is 0 Å². The number of pyridine rings is 1. The van der Waals surface area contributed by atoms with Crippen LogP contribution in [0.2, 0.25) is 0 Å². The summed E-state index contributed by atoms with van der Waals surface area (Å²) in [4.78, 5) is 19.7. The van der Waals surface area contributed by atoms with Gasteiger partial charge in [0, 0.05) is 55.7 Å². The molecule has 0 saturated carbocycles. The Balaban J connectivity index is 1.28. The van der Waals surface area contributed by atoms with E-state index in [0.29, 0.717) is 31.6 Å². The highest BCUT2D eigenvalue weighted by Gasteiger charge is 2.41. The van der Waals surface area contributed by atoms with Crippen LogP contribution in [0.15, 0.2) is 67.0 Å². The lowest BCUT2D eigenvalue weighted by molar-refractivity contribution is -0.126. The van der Waals surface area contributed by atoms with Crippen LogP contribution < -0.4 is 10.6 Å². The summed E-state index contributed by atoms with van der Waals surface area (Å²) in [5.41, 5.74) is 4.06. The number of benzene rings is 2. The molecule has 5 nitrogen and oxygen atoms in total. The number of rotatable bonds is 7. The molecule has 1 aromatic heterocycles. The van der Waals surface area contributed by atoms with Gasteiger partial charge in [-0.1, -0.05) is 36.4 Å². The third kappa shape index (κ3) is 5.00. The summed E-state index contributed by atoms with van der Waals surface area (Å²) in [6.07, 6.45) is 5.93. The minimum absolute atomic E-state index is 0.00271. The molecule has 1 saturated heterocycles. The van der Waals surface area contributed by atoms with E-state index in [-0.39, 0.29) is 24.0 Å². The Morgan fingerprint density at radius 1 is 1.03 bits per heavy atom. The van der Waals surface area contributed by atoms with Crippen molar-refractivity contribution in [2.45, 2.75) is 50.5 Å². The molecule has 7 heteroatoms. The molecule has 2 aromatic carbocycles. The Bertz CT molecular complexity index is 1130. The Labute approximate surface area is 198 Å². The Hall–Kier alpha value is -3.16. The van der Waals surface area contributed by atoms with Crippen molar-refractivity contribution < 1.29 is 13.6 Å². The standard InChI is InChI=1S/C27H28F2N4O/c28-22-8-7-21(25(29)12-22)16-31-23-13-26(27(34)32-15-18-4-3-9-30-14-18)33(17-23)24-10-19-5-1-2-6-20(19)11-24/h1-9,12,14,23-24,26,31H,10-11,13,15-17H2,(H,32,34)/t23-,26-/m0/s1. The highest BCUT2D eigenvalue weighted by molar-refractivity contribution is 5.82. The van der Waals surface area contributed by atoms with E-state index in [4.69, 9.17) is 0 Å². The van der Waals surface area contributed by atoms with Crippen molar-refractivity contribution in [3.63, 3.8) is 0 Å². The molecule has 0 spiro atoms. The molecule has 3 aromatic rings. The van der Waals surface area contributed by atoms with Crippen LogP contribution >= 0.6 is 0 Å². The van der Waals surface area contributed by atoms with Gasteiger partial charge in [0.2, 0.25) is 5.91 Å². The molecule has 1 aliphatic heterocycles. The SMILES string of the molecule is O=C(NCc1cccnc1)[C@@H]1C[C@H](NCc2ccc(F)cc2F)CN1C1Cc2ccccc2C1. The minimum atomic E-state index is -0.584. The number of aromatic nitrogens is 1. The van der Waals surface area contributed by atoms with Crippen LogP contribution in [0.1, 0.15) is 28.7 Å². The first kappa shape index (κ1) is 22.6. The van der Waals surface area contributed by atoms with Crippen LogP contribution in [0.4, 0.5) is 8.78 Å². The number of likely N-dealkylation sites (tertiary alicyclic amines) is 1. The highest BCUT2D eigenvalue weighted by Crippen LogP contribution is 2.31. The second kappa shape index (κ2) is 9.99. The molecule has 2 N–H and O–H groups in total. The molecule has 1 aliphatic carbocycles. The predicted octanol–water partition coefficient (Wildman–Crippen LogP) is 3.38. The van der Waals surface area contributed by atoms with Gasteiger partial charge >= 0.3 is 0 Å². The largest absolute Gasteiger partial charge is 0.351 e. The van der Waals surface area contributed by atoms with E-state index in [1.165, 1.54) is 23.3 Å². The monoisotopic (exact) mass is 462 g/mol. The van der Waals surface area contributed by atoms with E-state index >= 15 is 0 Å². The molecule has 2 atom stereocenters. The first-order chi connectivity index (χ1) is 16.6. The zero-order valence-electron chi connectivity index (χ0n) is 18.9. The summed E-state index contributed by atoms with van der Waals surface area (Å²) in [5.74, 6) is -1.14. The third-order valence-corrected chi connectivity index (χ3v) is 6.93. The van der Waals surface area contributed by atoms with Gasteiger partial charge in [-0.2, -0.15) is 0 Å². The number of halogens is 2. The van der Waals surface area contributed by atoms with Gasteiger partial charge < -0.3 is 10.6 Å². The van der Waals surface area contributed by atoms with Crippen LogP contribution in [0.5, 0.6) is 0 Å². The van der Waals surface area contributed by atoms with Gasteiger partial charge in [0.15, 0.2) is 0 Å². The fraction of sp³-hybridized carbons (Fsp3) is 0.333. The number of nitrogens with zero attached hydrogens (tertiary/aromatic N) is 2. The van der Waals surface area contributed by atoms with E-state index in [0.717, 1.165) is 24.5 Å². The normalized spacial score (nSPS) is 20.4. The number of fused-ring (bicyclic) bond motifs is 1.